The molecule has 20 heavy (non-hydrogen) atoms. The highest BCUT2D eigenvalue weighted by molar-refractivity contribution is 7.89. The molecule has 3 N–H and O–H groups in total. The summed E-state index contributed by atoms with van der Waals surface area (Å²) in [5.74, 6) is -0.799. The smallest absolute Gasteiger partial charge is 0.243 e. The first-order valence-corrected chi connectivity index (χ1v) is 7.48. The fourth-order valence-electron chi connectivity index (χ4n) is 1.53. The highest BCUT2D eigenvalue weighted by Crippen LogP contribution is 2.21. The van der Waals surface area contributed by atoms with Gasteiger partial charge in [0.25, 0.3) is 0 Å². The van der Waals surface area contributed by atoms with Gasteiger partial charge in [-0.15, -0.1) is 0 Å². The number of methoxy groups -OCH3 is 1. The Bertz CT molecular complexity index is 549. The van der Waals surface area contributed by atoms with E-state index in [9.17, 15) is 12.8 Å². The summed E-state index contributed by atoms with van der Waals surface area (Å²) in [6, 6.07) is 2.47. The summed E-state index contributed by atoms with van der Waals surface area (Å²) in [5, 5.41) is 0. The van der Waals surface area contributed by atoms with Crippen LogP contribution < -0.4 is 10.5 Å². The molecular weight excluding hydrogens is 287 g/mol. The Morgan fingerprint density at radius 3 is 2.65 bits per heavy atom. The molecule has 6 nitrogen and oxygen atoms in total. The molecule has 114 valence electrons. The average molecular weight is 306 g/mol. The summed E-state index contributed by atoms with van der Waals surface area (Å²) >= 11 is 0. The van der Waals surface area contributed by atoms with Gasteiger partial charge in [0.05, 0.1) is 19.8 Å². The van der Waals surface area contributed by atoms with Crippen molar-refractivity contribution in [1.29, 1.82) is 0 Å². The Morgan fingerprint density at radius 2 is 2.00 bits per heavy atom. The van der Waals surface area contributed by atoms with Crippen molar-refractivity contribution in [1.82, 2.24) is 4.72 Å². The molecule has 0 fully saturated rings. The standard InChI is InChI=1S/C12H19FN2O4S/c1-9-7-10(14)8-11(12(9)13)20(16,17)15-3-4-19-6-5-18-2/h7-8,15H,3-6,14H2,1-2H3. The number of benzene rings is 1. The first kappa shape index (κ1) is 16.8. The normalized spacial score (nSPS) is 11.8. The van der Waals surface area contributed by atoms with E-state index in [1.807, 2.05) is 0 Å². The number of nitrogens with two attached hydrogens (primary N) is 1. The molecule has 1 aromatic rings. The quantitative estimate of drug-likeness (QED) is 0.544. The van der Waals surface area contributed by atoms with Crippen LogP contribution >= 0.6 is 0 Å². The van der Waals surface area contributed by atoms with E-state index in [2.05, 4.69) is 4.72 Å². The van der Waals surface area contributed by atoms with Crippen LogP contribution in [0.4, 0.5) is 10.1 Å². The maximum atomic E-state index is 13.8. The molecule has 0 radical (unpaired) electrons. The molecule has 0 spiro atoms. The molecule has 1 rings (SSSR count). The minimum Gasteiger partial charge on any atom is -0.399 e. The lowest BCUT2D eigenvalue weighted by molar-refractivity contribution is 0.0736. The van der Waals surface area contributed by atoms with E-state index in [0.717, 1.165) is 6.07 Å². The molecule has 0 aliphatic rings. The van der Waals surface area contributed by atoms with Crippen LogP contribution in [0, 0.1) is 12.7 Å². The van der Waals surface area contributed by atoms with E-state index in [0.29, 0.717) is 13.2 Å². The average Bonchev–Trinajstić information content (AvgIpc) is 2.37. The van der Waals surface area contributed by atoms with Crippen LogP contribution in [0.2, 0.25) is 0 Å². The Labute approximate surface area is 118 Å². The molecule has 0 aliphatic carbocycles. The second kappa shape index (κ2) is 7.53. The third-order valence-corrected chi connectivity index (χ3v) is 3.96. The van der Waals surface area contributed by atoms with Crippen LogP contribution in [0.1, 0.15) is 5.56 Å². The second-order valence-corrected chi connectivity index (χ2v) is 5.89. The summed E-state index contributed by atoms with van der Waals surface area (Å²) in [6.07, 6.45) is 0. The molecule has 0 amide bonds. The predicted molar refractivity (Wildman–Crippen MR) is 73.4 cm³/mol. The van der Waals surface area contributed by atoms with Crippen LogP contribution in [0.15, 0.2) is 17.0 Å². The molecule has 0 saturated carbocycles. The maximum Gasteiger partial charge on any atom is 0.243 e. The van der Waals surface area contributed by atoms with E-state index < -0.39 is 20.7 Å². The van der Waals surface area contributed by atoms with Gasteiger partial charge in [-0.3, -0.25) is 0 Å². The summed E-state index contributed by atoms with van der Waals surface area (Å²) in [7, 11) is -2.41. The molecule has 0 heterocycles. The number of rotatable bonds is 8. The zero-order valence-corrected chi connectivity index (χ0v) is 12.3. The van der Waals surface area contributed by atoms with Gasteiger partial charge in [-0.05, 0) is 24.6 Å². The number of hydrogen-bond donors (Lipinski definition) is 2. The largest absolute Gasteiger partial charge is 0.399 e. The van der Waals surface area contributed by atoms with E-state index in [1.165, 1.54) is 20.1 Å². The van der Waals surface area contributed by atoms with Crippen LogP contribution in [-0.2, 0) is 19.5 Å². The lowest BCUT2D eigenvalue weighted by Gasteiger charge is -2.10. The van der Waals surface area contributed by atoms with Gasteiger partial charge < -0.3 is 15.2 Å². The highest BCUT2D eigenvalue weighted by Gasteiger charge is 2.20. The van der Waals surface area contributed by atoms with Gasteiger partial charge in [-0.25, -0.2) is 17.5 Å². The minimum absolute atomic E-state index is 0.0410. The number of nitrogen functional groups attached to an aromatic ring is 1. The topological polar surface area (TPSA) is 90.6 Å². The third-order valence-electron chi connectivity index (χ3n) is 2.50. The molecular formula is C12H19FN2O4S. The SMILES string of the molecule is COCCOCCNS(=O)(=O)c1cc(N)cc(C)c1F. The fraction of sp³-hybridized carbons (Fsp3) is 0.500. The molecule has 8 heteroatoms. The Morgan fingerprint density at radius 1 is 1.30 bits per heavy atom. The number of anilines is 1. The monoisotopic (exact) mass is 306 g/mol. The molecule has 0 bridgehead atoms. The molecule has 0 aromatic heterocycles. The van der Waals surface area contributed by atoms with Crippen molar-refractivity contribution in [2.45, 2.75) is 11.8 Å². The van der Waals surface area contributed by atoms with Crippen molar-refractivity contribution in [2.24, 2.45) is 0 Å². The van der Waals surface area contributed by atoms with Crippen molar-refractivity contribution in [3.63, 3.8) is 0 Å². The predicted octanol–water partition coefficient (Wildman–Crippen LogP) is 0.658. The lowest BCUT2D eigenvalue weighted by Crippen LogP contribution is -2.28. The zero-order valence-electron chi connectivity index (χ0n) is 11.5. The molecule has 0 atom stereocenters. The fourth-order valence-corrected chi connectivity index (χ4v) is 2.73. The number of halogens is 1. The summed E-state index contributed by atoms with van der Waals surface area (Å²) in [6.45, 7) is 2.46. The van der Waals surface area contributed by atoms with Gasteiger partial charge in [-0.1, -0.05) is 0 Å². The second-order valence-electron chi connectivity index (χ2n) is 4.15. The molecule has 0 saturated heterocycles. The van der Waals surface area contributed by atoms with E-state index in [-0.39, 0.29) is 24.4 Å². The Hall–Kier alpha value is -1.22. The highest BCUT2D eigenvalue weighted by atomic mass is 32.2. The zero-order chi connectivity index (χ0) is 15.2. The van der Waals surface area contributed by atoms with Crippen molar-refractivity contribution in [3.05, 3.63) is 23.5 Å². The van der Waals surface area contributed by atoms with Gasteiger partial charge in [0, 0.05) is 19.3 Å². The number of hydrogen-bond acceptors (Lipinski definition) is 5. The molecule has 0 unspecified atom stereocenters. The van der Waals surface area contributed by atoms with Gasteiger partial charge in [0.1, 0.15) is 10.7 Å². The minimum atomic E-state index is -3.94. The first-order chi connectivity index (χ1) is 9.38. The van der Waals surface area contributed by atoms with Crippen LogP contribution in [-0.4, -0.2) is 41.9 Å². The van der Waals surface area contributed by atoms with Crippen molar-refractivity contribution in [2.75, 3.05) is 39.2 Å². The Balaban J connectivity index is 2.65. The summed E-state index contributed by atoms with van der Waals surface area (Å²) in [5.41, 5.74) is 5.91. The van der Waals surface area contributed by atoms with Crippen LogP contribution in [0.25, 0.3) is 0 Å². The first-order valence-electron chi connectivity index (χ1n) is 6.00. The summed E-state index contributed by atoms with van der Waals surface area (Å²) in [4.78, 5) is -0.452. The number of nitrogens with one attached hydrogen (secondary N) is 1. The van der Waals surface area contributed by atoms with Crippen molar-refractivity contribution < 1.29 is 22.3 Å². The van der Waals surface area contributed by atoms with Crippen LogP contribution in [0.5, 0.6) is 0 Å². The number of aryl methyl sites for hydroxylation is 1. The molecule has 1 aromatic carbocycles. The Kier molecular flexibility index (Phi) is 6.34. The van der Waals surface area contributed by atoms with Gasteiger partial charge in [0.2, 0.25) is 10.0 Å². The van der Waals surface area contributed by atoms with Crippen molar-refractivity contribution in [3.8, 4) is 0 Å². The summed E-state index contributed by atoms with van der Waals surface area (Å²) < 4.78 is 49.9. The lowest BCUT2D eigenvalue weighted by atomic mass is 10.2. The van der Waals surface area contributed by atoms with E-state index in [1.54, 1.807) is 0 Å². The molecule has 0 aliphatic heterocycles. The maximum absolute atomic E-state index is 13.8. The number of sulfonamides is 1. The van der Waals surface area contributed by atoms with Crippen LogP contribution in [0.3, 0.4) is 0 Å². The van der Waals surface area contributed by atoms with Gasteiger partial charge in [-0.2, -0.15) is 0 Å². The van der Waals surface area contributed by atoms with Gasteiger partial charge >= 0.3 is 0 Å². The van der Waals surface area contributed by atoms with E-state index >= 15 is 0 Å². The van der Waals surface area contributed by atoms with E-state index in [4.69, 9.17) is 15.2 Å². The van der Waals surface area contributed by atoms with Gasteiger partial charge in [0.15, 0.2) is 0 Å². The van der Waals surface area contributed by atoms with Crippen molar-refractivity contribution >= 4 is 15.7 Å². The number of ether oxygens (including phenoxy) is 2. The third kappa shape index (κ3) is 4.71.